The normalized spacial score (nSPS) is 23.5. The highest BCUT2D eigenvalue weighted by Crippen LogP contribution is 2.39. The number of allylic oxidation sites excluding steroid dienone is 3. The molecule has 2 amide bonds. The molecule has 2 aromatic rings. The van der Waals surface area contributed by atoms with Crippen LogP contribution in [0, 0.1) is 12.3 Å². The number of terminal acetylenes is 1. The summed E-state index contributed by atoms with van der Waals surface area (Å²) in [4.78, 5) is 29.8. The lowest BCUT2D eigenvalue weighted by molar-refractivity contribution is -0.124. The molecule has 4 atom stereocenters. The number of nitrogens with one attached hydrogen (secondary N) is 2. The largest absolute Gasteiger partial charge is 0.351 e. The van der Waals surface area contributed by atoms with E-state index in [4.69, 9.17) is 18.0 Å². The molecule has 210 valence electrons. The van der Waals surface area contributed by atoms with Crippen molar-refractivity contribution in [3.63, 3.8) is 0 Å². The van der Waals surface area contributed by atoms with Crippen molar-refractivity contribution < 1.29 is 18.0 Å². The third-order valence-corrected chi connectivity index (χ3v) is 8.39. The minimum atomic E-state index is -3.52. The molecule has 40 heavy (non-hydrogen) atoms. The van der Waals surface area contributed by atoms with Crippen LogP contribution in [0.1, 0.15) is 59.5 Å². The SMILES string of the molecule is C#C/C=C(Cl)\C=C/C[C@H]1[C@H](C(=O)NCc2ccccc2)c2ccccc2C(=O)N1[C@H]1CCCC[C@@H]1NS(C)(=O)=O. The lowest BCUT2D eigenvalue weighted by Gasteiger charge is -2.48. The quantitative estimate of drug-likeness (QED) is 0.338. The molecule has 0 saturated heterocycles. The van der Waals surface area contributed by atoms with Crippen LogP contribution in [0.5, 0.6) is 0 Å². The van der Waals surface area contributed by atoms with E-state index in [1.165, 1.54) is 6.08 Å². The number of rotatable bonds is 9. The molecule has 0 bridgehead atoms. The average Bonchev–Trinajstić information content (AvgIpc) is 2.92. The van der Waals surface area contributed by atoms with Crippen molar-refractivity contribution in [1.82, 2.24) is 14.9 Å². The van der Waals surface area contributed by atoms with Gasteiger partial charge in [-0.25, -0.2) is 13.1 Å². The molecule has 9 heteroatoms. The van der Waals surface area contributed by atoms with Gasteiger partial charge in [-0.05, 0) is 42.5 Å². The Morgan fingerprint density at radius 3 is 2.55 bits per heavy atom. The summed E-state index contributed by atoms with van der Waals surface area (Å²) in [5.74, 6) is 1.29. The van der Waals surface area contributed by atoms with Crippen molar-refractivity contribution in [1.29, 1.82) is 0 Å². The Hall–Kier alpha value is -3.38. The van der Waals surface area contributed by atoms with Gasteiger partial charge in [-0.15, -0.1) is 6.42 Å². The number of hydrogen-bond acceptors (Lipinski definition) is 4. The maximum Gasteiger partial charge on any atom is 0.254 e. The molecule has 1 saturated carbocycles. The zero-order valence-electron chi connectivity index (χ0n) is 22.4. The molecule has 0 radical (unpaired) electrons. The van der Waals surface area contributed by atoms with Crippen molar-refractivity contribution in [3.05, 3.63) is 94.5 Å². The van der Waals surface area contributed by atoms with E-state index >= 15 is 0 Å². The van der Waals surface area contributed by atoms with Gasteiger partial charge in [0.2, 0.25) is 15.9 Å². The summed E-state index contributed by atoms with van der Waals surface area (Å²) in [6.45, 7) is 0.341. The van der Waals surface area contributed by atoms with E-state index in [2.05, 4.69) is 16.0 Å². The Bertz CT molecular complexity index is 1430. The summed E-state index contributed by atoms with van der Waals surface area (Å²) in [5, 5.41) is 3.43. The van der Waals surface area contributed by atoms with Gasteiger partial charge in [0, 0.05) is 35.3 Å². The van der Waals surface area contributed by atoms with Gasteiger partial charge in [-0.2, -0.15) is 0 Å². The molecule has 0 spiro atoms. The predicted octanol–water partition coefficient (Wildman–Crippen LogP) is 4.47. The van der Waals surface area contributed by atoms with Gasteiger partial charge < -0.3 is 10.2 Å². The van der Waals surface area contributed by atoms with Gasteiger partial charge >= 0.3 is 0 Å². The minimum Gasteiger partial charge on any atom is -0.351 e. The fraction of sp³-hybridized carbons (Fsp3) is 0.355. The zero-order valence-corrected chi connectivity index (χ0v) is 24.0. The van der Waals surface area contributed by atoms with Crippen LogP contribution in [0.25, 0.3) is 0 Å². The first-order chi connectivity index (χ1) is 19.2. The highest BCUT2D eigenvalue weighted by Gasteiger charge is 2.47. The number of carbonyl (C=O) groups excluding carboxylic acids is 2. The maximum atomic E-state index is 14.1. The number of carbonyl (C=O) groups is 2. The molecule has 0 unspecified atom stereocenters. The maximum absolute atomic E-state index is 14.1. The summed E-state index contributed by atoms with van der Waals surface area (Å²) in [7, 11) is -3.52. The Kier molecular flexibility index (Phi) is 9.85. The molecule has 1 aliphatic carbocycles. The number of halogens is 1. The van der Waals surface area contributed by atoms with E-state index in [0.29, 0.717) is 42.0 Å². The molecule has 2 N–H and O–H groups in total. The standard InChI is InChI=1S/C31H34ClN3O4S/c1-3-12-23(32)15-11-20-28-29(30(36)33-21-22-13-5-4-6-14-22)24-16-7-8-17-25(24)31(37)35(28)27-19-10-9-18-26(27)34-40(2,38)39/h1,4-8,11-17,26-29,34H,9-10,18-21H2,2H3,(H,33,36)/b15-11-,23-12+/t26-,27-,28-,29+/m0/s1. The van der Waals surface area contributed by atoms with Gasteiger partial charge in [0.1, 0.15) is 0 Å². The van der Waals surface area contributed by atoms with E-state index in [1.807, 2.05) is 48.5 Å². The highest BCUT2D eigenvalue weighted by molar-refractivity contribution is 7.88. The number of amides is 2. The van der Waals surface area contributed by atoms with Crippen LogP contribution in [0.4, 0.5) is 0 Å². The van der Waals surface area contributed by atoms with Crippen LogP contribution >= 0.6 is 11.6 Å². The summed E-state index contributed by atoms with van der Waals surface area (Å²) >= 11 is 6.20. The highest BCUT2D eigenvalue weighted by atomic mass is 35.5. The Balaban J connectivity index is 1.77. The Morgan fingerprint density at radius 1 is 1.12 bits per heavy atom. The zero-order chi connectivity index (χ0) is 28.7. The first kappa shape index (κ1) is 29.6. The third-order valence-electron chi connectivity index (χ3n) is 7.42. The molecule has 2 aliphatic rings. The van der Waals surface area contributed by atoms with Crippen LogP contribution in [-0.2, 0) is 21.4 Å². The van der Waals surface area contributed by atoms with E-state index < -0.39 is 34.1 Å². The van der Waals surface area contributed by atoms with E-state index in [9.17, 15) is 18.0 Å². The lowest BCUT2D eigenvalue weighted by atomic mass is 9.77. The number of benzene rings is 2. The smallest absolute Gasteiger partial charge is 0.254 e. The van der Waals surface area contributed by atoms with E-state index in [-0.39, 0.29) is 11.8 Å². The summed E-state index contributed by atoms with van der Waals surface area (Å²) in [6, 6.07) is 15.4. The van der Waals surface area contributed by atoms with E-state index in [1.54, 1.807) is 23.1 Å². The molecular formula is C31H34ClN3O4S. The summed E-state index contributed by atoms with van der Waals surface area (Å²) in [6.07, 6.45) is 14.6. The first-order valence-electron chi connectivity index (χ1n) is 13.4. The molecule has 2 aromatic carbocycles. The van der Waals surface area contributed by atoms with Crippen molar-refractivity contribution in [2.75, 3.05) is 6.26 Å². The van der Waals surface area contributed by atoms with Crippen molar-refractivity contribution in [2.45, 2.75) is 62.7 Å². The molecule has 1 fully saturated rings. The molecule has 0 aromatic heterocycles. The van der Waals surface area contributed by atoms with Crippen LogP contribution in [0.15, 0.2) is 77.9 Å². The molecule has 1 aliphatic heterocycles. The fourth-order valence-electron chi connectivity index (χ4n) is 5.78. The number of fused-ring (bicyclic) bond motifs is 1. The molecule has 4 rings (SSSR count). The second-order valence-electron chi connectivity index (χ2n) is 10.2. The Morgan fingerprint density at radius 2 is 1.82 bits per heavy atom. The molecular weight excluding hydrogens is 546 g/mol. The van der Waals surface area contributed by atoms with Gasteiger partial charge in [-0.3, -0.25) is 9.59 Å². The molecule has 7 nitrogen and oxygen atoms in total. The second kappa shape index (κ2) is 13.3. The van der Waals surface area contributed by atoms with Gasteiger partial charge in [-0.1, -0.05) is 85.0 Å². The third kappa shape index (κ3) is 7.22. The van der Waals surface area contributed by atoms with Crippen molar-refractivity contribution >= 4 is 33.4 Å². The number of sulfonamides is 1. The lowest BCUT2D eigenvalue weighted by Crippen LogP contribution is -2.62. The van der Waals surface area contributed by atoms with Crippen molar-refractivity contribution in [2.24, 2.45) is 0 Å². The van der Waals surface area contributed by atoms with Crippen LogP contribution < -0.4 is 10.0 Å². The number of hydrogen-bond donors (Lipinski definition) is 2. The van der Waals surface area contributed by atoms with Crippen LogP contribution in [0.2, 0.25) is 0 Å². The van der Waals surface area contributed by atoms with Crippen molar-refractivity contribution in [3.8, 4) is 12.3 Å². The number of nitrogens with zero attached hydrogens (tertiary/aromatic N) is 1. The summed E-state index contributed by atoms with van der Waals surface area (Å²) < 4.78 is 27.3. The Labute approximate surface area is 241 Å². The average molecular weight is 580 g/mol. The minimum absolute atomic E-state index is 0.208. The molecule has 1 heterocycles. The first-order valence-corrected chi connectivity index (χ1v) is 15.7. The van der Waals surface area contributed by atoms with Crippen LogP contribution in [-0.4, -0.2) is 49.5 Å². The second-order valence-corrected chi connectivity index (χ2v) is 12.4. The summed E-state index contributed by atoms with van der Waals surface area (Å²) in [5.41, 5.74) is 2.07. The predicted molar refractivity (Wildman–Crippen MR) is 158 cm³/mol. The fourth-order valence-corrected chi connectivity index (χ4v) is 6.76. The van der Waals surface area contributed by atoms with Gasteiger partial charge in [0.05, 0.1) is 18.2 Å². The monoisotopic (exact) mass is 579 g/mol. The van der Waals surface area contributed by atoms with Crippen LogP contribution in [0.3, 0.4) is 0 Å². The van der Waals surface area contributed by atoms with Gasteiger partial charge in [0.25, 0.3) is 5.91 Å². The van der Waals surface area contributed by atoms with E-state index in [0.717, 1.165) is 24.7 Å². The van der Waals surface area contributed by atoms with Gasteiger partial charge in [0.15, 0.2) is 0 Å². The topological polar surface area (TPSA) is 95.6 Å².